The Kier molecular flexibility index (Phi) is 6.11. The monoisotopic (exact) mass is 421 g/mol. The first-order chi connectivity index (χ1) is 14.6. The molecule has 4 rings (SSSR count). The van der Waals surface area contributed by atoms with Gasteiger partial charge in [-0.05, 0) is 23.3 Å². The van der Waals surface area contributed by atoms with Crippen LogP contribution in [0.15, 0.2) is 60.1 Å². The number of rotatable bonds is 6. The average Bonchev–Trinajstić information content (AvgIpc) is 3.29. The van der Waals surface area contributed by atoms with Crippen molar-refractivity contribution in [1.29, 1.82) is 0 Å². The number of hydrogen-bond acceptors (Lipinski definition) is 6. The van der Waals surface area contributed by atoms with E-state index in [4.69, 9.17) is 0 Å². The highest BCUT2D eigenvalue weighted by Gasteiger charge is 2.39. The summed E-state index contributed by atoms with van der Waals surface area (Å²) >= 11 is 1.32. The molecule has 0 saturated carbocycles. The van der Waals surface area contributed by atoms with Gasteiger partial charge in [-0.15, -0.1) is 10.2 Å². The fraction of sp³-hybridized carbons (Fsp3) is 0.348. The Bertz CT molecular complexity index is 951. The van der Waals surface area contributed by atoms with Crippen LogP contribution in [0.25, 0.3) is 0 Å². The molecule has 0 aliphatic carbocycles. The summed E-state index contributed by atoms with van der Waals surface area (Å²) in [6, 6.07) is 18.9. The standard InChI is InChI=1S/C23H27N5OS/c1-23(2,21(29)26-22-27-25-16-30-22)20(17-6-4-3-5-7-17)18-8-10-19(11-9-18)28-14-12-24-13-15-28/h3-11,16,20,24H,12-15H2,1-2H3,(H,26,27,29). The van der Waals surface area contributed by atoms with Crippen molar-refractivity contribution in [2.45, 2.75) is 19.8 Å². The van der Waals surface area contributed by atoms with Crippen LogP contribution in [0.5, 0.6) is 0 Å². The van der Waals surface area contributed by atoms with Gasteiger partial charge in [0.1, 0.15) is 5.51 Å². The third kappa shape index (κ3) is 4.37. The van der Waals surface area contributed by atoms with E-state index in [9.17, 15) is 4.79 Å². The molecule has 2 N–H and O–H groups in total. The van der Waals surface area contributed by atoms with E-state index in [1.807, 2.05) is 32.0 Å². The van der Waals surface area contributed by atoms with E-state index in [0.29, 0.717) is 5.13 Å². The molecule has 1 aliphatic rings. The van der Waals surface area contributed by atoms with Gasteiger partial charge in [0.2, 0.25) is 11.0 Å². The van der Waals surface area contributed by atoms with Crippen molar-refractivity contribution in [2.75, 3.05) is 36.4 Å². The second-order valence-corrected chi connectivity index (χ2v) is 8.93. The fourth-order valence-electron chi connectivity index (χ4n) is 4.09. The summed E-state index contributed by atoms with van der Waals surface area (Å²) in [5, 5.41) is 14.6. The molecule has 7 heteroatoms. The minimum Gasteiger partial charge on any atom is -0.369 e. The Morgan fingerprint density at radius 2 is 1.73 bits per heavy atom. The average molecular weight is 422 g/mol. The minimum atomic E-state index is -0.691. The normalized spacial score (nSPS) is 15.6. The number of aromatic nitrogens is 2. The summed E-state index contributed by atoms with van der Waals surface area (Å²) in [7, 11) is 0. The van der Waals surface area contributed by atoms with E-state index >= 15 is 0 Å². The van der Waals surface area contributed by atoms with Gasteiger partial charge in [-0.2, -0.15) is 0 Å². The highest BCUT2D eigenvalue weighted by atomic mass is 32.1. The van der Waals surface area contributed by atoms with Gasteiger partial charge in [-0.25, -0.2) is 0 Å². The predicted octanol–water partition coefficient (Wildman–Crippen LogP) is 3.74. The molecule has 30 heavy (non-hydrogen) atoms. The molecule has 1 atom stereocenters. The number of hydrogen-bond donors (Lipinski definition) is 2. The molecule has 1 amide bonds. The lowest BCUT2D eigenvalue weighted by Crippen LogP contribution is -2.43. The maximum absolute atomic E-state index is 13.2. The van der Waals surface area contributed by atoms with Crippen molar-refractivity contribution in [3.63, 3.8) is 0 Å². The van der Waals surface area contributed by atoms with Crippen LogP contribution in [-0.2, 0) is 4.79 Å². The van der Waals surface area contributed by atoms with Gasteiger partial charge in [0.05, 0.1) is 5.41 Å². The molecule has 2 aromatic carbocycles. The lowest BCUT2D eigenvalue weighted by Gasteiger charge is -2.34. The Hall–Kier alpha value is -2.77. The molecule has 1 aliphatic heterocycles. The first-order valence-electron chi connectivity index (χ1n) is 10.2. The summed E-state index contributed by atoms with van der Waals surface area (Å²) in [6.45, 7) is 8.02. The number of amides is 1. The van der Waals surface area contributed by atoms with Gasteiger partial charge >= 0.3 is 0 Å². The molecule has 2 heterocycles. The molecule has 156 valence electrons. The van der Waals surface area contributed by atoms with Gasteiger partial charge in [0.15, 0.2) is 0 Å². The van der Waals surface area contributed by atoms with E-state index in [2.05, 4.69) is 62.1 Å². The van der Waals surface area contributed by atoms with Crippen LogP contribution in [0, 0.1) is 5.41 Å². The molecule has 6 nitrogen and oxygen atoms in total. The quantitative estimate of drug-likeness (QED) is 0.634. The third-order valence-electron chi connectivity index (χ3n) is 5.73. The Morgan fingerprint density at radius 3 is 2.37 bits per heavy atom. The van der Waals surface area contributed by atoms with Crippen molar-refractivity contribution in [1.82, 2.24) is 15.5 Å². The third-order valence-corrected chi connectivity index (χ3v) is 6.34. The summed E-state index contributed by atoms with van der Waals surface area (Å²) in [4.78, 5) is 15.6. The first kappa shape index (κ1) is 20.5. The van der Waals surface area contributed by atoms with Crippen molar-refractivity contribution in [2.24, 2.45) is 5.41 Å². The molecule has 1 saturated heterocycles. The van der Waals surface area contributed by atoms with Crippen LogP contribution >= 0.6 is 11.3 Å². The Labute approximate surface area is 181 Å². The number of carbonyl (C=O) groups is 1. The van der Waals surface area contributed by atoms with Crippen molar-refractivity contribution >= 4 is 28.1 Å². The predicted molar refractivity (Wildman–Crippen MR) is 122 cm³/mol. The zero-order valence-corrected chi connectivity index (χ0v) is 18.2. The molecular weight excluding hydrogens is 394 g/mol. The number of nitrogens with zero attached hydrogens (tertiary/aromatic N) is 3. The molecule has 1 aromatic heterocycles. The topological polar surface area (TPSA) is 70.2 Å². The number of nitrogens with one attached hydrogen (secondary N) is 2. The molecule has 1 fully saturated rings. The second-order valence-electron chi connectivity index (χ2n) is 8.09. The van der Waals surface area contributed by atoms with E-state index in [-0.39, 0.29) is 11.8 Å². The Morgan fingerprint density at radius 1 is 1.07 bits per heavy atom. The van der Waals surface area contributed by atoms with Gasteiger partial charge in [0, 0.05) is 37.8 Å². The minimum absolute atomic E-state index is 0.0701. The smallest absolute Gasteiger partial charge is 0.232 e. The summed E-state index contributed by atoms with van der Waals surface area (Å²) in [5.41, 5.74) is 4.39. The van der Waals surface area contributed by atoms with Gasteiger partial charge in [0.25, 0.3) is 0 Å². The fourth-order valence-corrected chi connectivity index (χ4v) is 4.53. The Balaban J connectivity index is 1.65. The number of carbonyl (C=O) groups excluding carboxylic acids is 1. The molecule has 3 aromatic rings. The van der Waals surface area contributed by atoms with Crippen molar-refractivity contribution in [3.8, 4) is 0 Å². The maximum atomic E-state index is 13.2. The SMILES string of the molecule is CC(C)(C(=O)Nc1nncs1)C(c1ccccc1)c1ccc(N2CCNCC2)cc1. The lowest BCUT2D eigenvalue weighted by atomic mass is 9.70. The molecule has 0 spiro atoms. The molecule has 0 radical (unpaired) electrons. The summed E-state index contributed by atoms with van der Waals surface area (Å²) in [6.07, 6.45) is 0. The van der Waals surface area contributed by atoms with Crippen LogP contribution in [-0.4, -0.2) is 42.3 Å². The maximum Gasteiger partial charge on any atom is 0.232 e. The summed E-state index contributed by atoms with van der Waals surface area (Å²) in [5.74, 6) is -0.164. The molecule has 0 bridgehead atoms. The highest BCUT2D eigenvalue weighted by Crippen LogP contribution is 2.42. The number of piperazine rings is 1. The van der Waals surface area contributed by atoms with E-state index < -0.39 is 5.41 Å². The van der Waals surface area contributed by atoms with Crippen LogP contribution in [0.1, 0.15) is 30.9 Å². The number of anilines is 2. The van der Waals surface area contributed by atoms with Gasteiger partial charge < -0.3 is 15.5 Å². The lowest BCUT2D eigenvalue weighted by molar-refractivity contribution is -0.124. The zero-order chi connectivity index (χ0) is 21.0. The van der Waals surface area contributed by atoms with E-state index in [0.717, 1.165) is 37.3 Å². The van der Waals surface area contributed by atoms with Crippen molar-refractivity contribution < 1.29 is 4.79 Å². The zero-order valence-electron chi connectivity index (χ0n) is 17.3. The van der Waals surface area contributed by atoms with E-state index in [1.165, 1.54) is 17.0 Å². The van der Waals surface area contributed by atoms with Gasteiger partial charge in [-0.3, -0.25) is 4.79 Å². The largest absolute Gasteiger partial charge is 0.369 e. The van der Waals surface area contributed by atoms with Crippen LogP contribution in [0.2, 0.25) is 0 Å². The second kappa shape index (κ2) is 8.93. The van der Waals surface area contributed by atoms with Crippen LogP contribution < -0.4 is 15.5 Å². The molecular formula is C23H27N5OS. The van der Waals surface area contributed by atoms with Gasteiger partial charge in [-0.1, -0.05) is 67.6 Å². The number of benzene rings is 2. The summed E-state index contributed by atoms with van der Waals surface area (Å²) < 4.78 is 0. The highest BCUT2D eigenvalue weighted by molar-refractivity contribution is 7.13. The van der Waals surface area contributed by atoms with Crippen LogP contribution in [0.3, 0.4) is 0 Å². The first-order valence-corrected chi connectivity index (χ1v) is 11.1. The van der Waals surface area contributed by atoms with Crippen LogP contribution in [0.4, 0.5) is 10.8 Å². The van der Waals surface area contributed by atoms with Crippen molar-refractivity contribution in [3.05, 3.63) is 71.2 Å². The van der Waals surface area contributed by atoms with E-state index in [1.54, 1.807) is 5.51 Å². The molecule has 1 unspecified atom stereocenters.